The highest BCUT2D eigenvalue weighted by Crippen LogP contribution is 2.45. The number of amides is 3. The first-order valence-electron chi connectivity index (χ1n) is 11.4. The molecule has 3 heterocycles. The monoisotopic (exact) mass is 536 g/mol. The molecule has 4 N–H and O–H groups in total. The summed E-state index contributed by atoms with van der Waals surface area (Å²) in [6.07, 6.45) is 1.69. The number of rotatable bonds is 7. The third-order valence-corrected chi connectivity index (χ3v) is 7.52. The van der Waals surface area contributed by atoms with Crippen LogP contribution in [0, 0.1) is 5.92 Å². The number of fused-ring (bicyclic) bond motifs is 2. The second-order valence-electron chi connectivity index (χ2n) is 8.64. The molecule has 12 heteroatoms. The molecular formula is C26H20N2O9S. The fraction of sp³-hybridized carbons (Fsp3) is 0.192. The van der Waals surface area contributed by atoms with Crippen molar-refractivity contribution >= 4 is 41.4 Å². The minimum Gasteiger partial charge on any atom is -0.497 e. The molecule has 2 aromatic carbocycles. The van der Waals surface area contributed by atoms with Crippen molar-refractivity contribution in [3.8, 4) is 5.75 Å². The lowest BCUT2D eigenvalue weighted by atomic mass is 9.91. The Bertz CT molecular complexity index is 1450. The minimum absolute atomic E-state index is 0.0493. The number of thioether (sulfide) groups is 1. The van der Waals surface area contributed by atoms with Crippen LogP contribution in [0.2, 0.25) is 0 Å². The summed E-state index contributed by atoms with van der Waals surface area (Å²) in [6, 6.07) is 12.6. The molecule has 0 radical (unpaired) electrons. The number of carbonyl (C=O) groups is 5. The van der Waals surface area contributed by atoms with Gasteiger partial charge in [-0.1, -0.05) is 48.2 Å². The van der Waals surface area contributed by atoms with Gasteiger partial charge in [-0.3, -0.25) is 19.7 Å². The fourth-order valence-corrected chi connectivity index (χ4v) is 5.83. The molecule has 0 aromatic heterocycles. The van der Waals surface area contributed by atoms with Gasteiger partial charge in [0.2, 0.25) is 0 Å². The lowest BCUT2D eigenvalue weighted by Crippen LogP contribution is -2.30. The number of carboxylic acids is 2. The van der Waals surface area contributed by atoms with Crippen molar-refractivity contribution in [3.05, 3.63) is 87.2 Å². The number of nitrogens with one attached hydrogen (secondary N) is 2. The molecular weight excluding hydrogens is 516 g/mol. The molecule has 11 nitrogen and oxygen atoms in total. The molecule has 5 rings (SSSR count). The molecule has 3 aliphatic rings. The smallest absolute Gasteiger partial charge is 0.394 e. The van der Waals surface area contributed by atoms with Gasteiger partial charge < -0.3 is 25.0 Å². The predicted octanol–water partition coefficient (Wildman–Crippen LogP) is 1.83. The van der Waals surface area contributed by atoms with E-state index in [0.717, 1.165) is 17.3 Å². The van der Waals surface area contributed by atoms with Crippen molar-refractivity contribution in [2.24, 2.45) is 5.92 Å². The molecule has 0 aliphatic carbocycles. The van der Waals surface area contributed by atoms with Gasteiger partial charge in [0.1, 0.15) is 19.0 Å². The van der Waals surface area contributed by atoms with E-state index in [1.807, 2.05) is 30.3 Å². The Labute approximate surface area is 219 Å². The third kappa shape index (κ3) is 4.73. The zero-order valence-corrected chi connectivity index (χ0v) is 20.4. The molecule has 0 fully saturated rings. The number of carbonyl (C=O) groups excluding carboxylic acids is 3. The molecule has 2 atom stereocenters. The van der Waals surface area contributed by atoms with Crippen LogP contribution in [0.1, 0.15) is 31.8 Å². The average Bonchev–Trinajstić information content (AvgIpc) is 3.40. The molecule has 0 bridgehead atoms. The Hall–Kier alpha value is -4.58. The molecule has 2 aromatic rings. The first-order chi connectivity index (χ1) is 18.2. The topological polar surface area (TPSA) is 168 Å². The Morgan fingerprint density at radius 1 is 1.05 bits per heavy atom. The number of imide groups is 1. The van der Waals surface area contributed by atoms with Crippen LogP contribution in [0.25, 0.3) is 0 Å². The van der Waals surface area contributed by atoms with Gasteiger partial charge in [-0.2, -0.15) is 0 Å². The van der Waals surface area contributed by atoms with Gasteiger partial charge in [0.25, 0.3) is 11.8 Å². The highest BCUT2D eigenvalue weighted by Gasteiger charge is 2.42. The zero-order valence-electron chi connectivity index (χ0n) is 19.6. The van der Waals surface area contributed by atoms with E-state index in [1.54, 1.807) is 18.2 Å². The minimum atomic E-state index is -1.73. The number of allylic oxidation sites excluding steroid dienone is 2. The Morgan fingerprint density at radius 2 is 1.79 bits per heavy atom. The Kier molecular flexibility index (Phi) is 6.64. The molecule has 0 saturated carbocycles. The quantitative estimate of drug-likeness (QED) is 0.303. The number of ether oxygens (including phenoxy) is 2. The van der Waals surface area contributed by atoms with E-state index in [1.165, 1.54) is 0 Å². The molecule has 3 aliphatic heterocycles. The van der Waals surface area contributed by atoms with Crippen LogP contribution in [0.3, 0.4) is 0 Å². The molecule has 0 spiro atoms. The SMILES string of the molecule is O=C(O)C(=O)NC1=C(C(=O)O)C2C=C(Cc3ccc(OCc4ccccc4)c4c3C(=O)NC4=O)OCC2S1. The summed E-state index contributed by atoms with van der Waals surface area (Å²) in [7, 11) is 0. The summed E-state index contributed by atoms with van der Waals surface area (Å²) in [4.78, 5) is 59.8. The van der Waals surface area contributed by atoms with Gasteiger partial charge in [-0.25, -0.2) is 9.59 Å². The first-order valence-corrected chi connectivity index (χ1v) is 12.3. The highest BCUT2D eigenvalue weighted by atomic mass is 32.2. The van der Waals surface area contributed by atoms with Crippen LogP contribution in [-0.2, 0) is 32.1 Å². The number of aliphatic carboxylic acids is 2. The van der Waals surface area contributed by atoms with E-state index in [2.05, 4.69) is 10.6 Å². The Morgan fingerprint density at radius 3 is 2.50 bits per heavy atom. The lowest BCUT2D eigenvalue weighted by molar-refractivity contribution is -0.149. The van der Waals surface area contributed by atoms with Crippen LogP contribution in [0.15, 0.2) is 64.9 Å². The fourth-order valence-electron chi connectivity index (χ4n) is 4.52. The number of benzene rings is 2. The zero-order chi connectivity index (χ0) is 27.0. The van der Waals surface area contributed by atoms with Gasteiger partial charge in [0.05, 0.1) is 32.7 Å². The largest absolute Gasteiger partial charge is 0.497 e. The van der Waals surface area contributed by atoms with Crippen molar-refractivity contribution in [2.45, 2.75) is 18.3 Å². The van der Waals surface area contributed by atoms with Gasteiger partial charge >= 0.3 is 17.8 Å². The molecule has 2 unspecified atom stereocenters. The van der Waals surface area contributed by atoms with E-state index >= 15 is 0 Å². The predicted molar refractivity (Wildman–Crippen MR) is 132 cm³/mol. The average molecular weight is 537 g/mol. The van der Waals surface area contributed by atoms with Gasteiger partial charge in [-0.15, -0.1) is 0 Å². The summed E-state index contributed by atoms with van der Waals surface area (Å²) in [6.45, 7) is 0.296. The van der Waals surface area contributed by atoms with Crippen molar-refractivity contribution < 1.29 is 43.7 Å². The van der Waals surface area contributed by atoms with E-state index < -0.39 is 40.8 Å². The summed E-state index contributed by atoms with van der Waals surface area (Å²) < 4.78 is 11.7. The molecule has 0 saturated heterocycles. The molecule has 3 amide bonds. The maximum atomic E-state index is 12.7. The van der Waals surface area contributed by atoms with E-state index in [9.17, 15) is 29.1 Å². The normalized spacial score (nSPS) is 19.6. The second kappa shape index (κ2) is 10.1. The molecule has 38 heavy (non-hydrogen) atoms. The standard InChI is InChI=1S/C26H20N2O9S/c29-21-18-13(6-7-16(20(18)22(30)27-21)37-10-12-4-2-1-3-5-12)8-14-9-15-17(11-36-14)38-24(19(15)25(32)33)28-23(31)26(34)35/h1-7,9,15,17H,8,10-11H2,(H,28,31)(H,32,33)(H,34,35)(H,27,29,30). The number of carboxylic acid groups (broad SMARTS) is 2. The maximum Gasteiger partial charge on any atom is 0.394 e. The van der Waals surface area contributed by atoms with E-state index in [-0.39, 0.29) is 47.1 Å². The summed E-state index contributed by atoms with van der Waals surface area (Å²) >= 11 is 1.02. The number of hydrogen-bond acceptors (Lipinski definition) is 8. The first kappa shape index (κ1) is 25.1. The number of hydrogen-bond donors (Lipinski definition) is 4. The summed E-state index contributed by atoms with van der Waals surface area (Å²) in [5, 5.41) is 22.6. The van der Waals surface area contributed by atoms with E-state index in [0.29, 0.717) is 11.3 Å². The van der Waals surface area contributed by atoms with Crippen LogP contribution in [0.4, 0.5) is 0 Å². The van der Waals surface area contributed by atoms with Crippen LogP contribution >= 0.6 is 11.8 Å². The summed E-state index contributed by atoms with van der Waals surface area (Å²) in [5.74, 6) is -5.54. The van der Waals surface area contributed by atoms with Gasteiger partial charge in [0.15, 0.2) is 0 Å². The van der Waals surface area contributed by atoms with Gasteiger partial charge in [-0.05, 0) is 23.3 Å². The van der Waals surface area contributed by atoms with Gasteiger partial charge in [0, 0.05) is 12.3 Å². The maximum absolute atomic E-state index is 12.7. The van der Waals surface area contributed by atoms with E-state index in [4.69, 9.17) is 14.6 Å². The van der Waals surface area contributed by atoms with Crippen molar-refractivity contribution in [1.82, 2.24) is 10.6 Å². The lowest BCUT2D eigenvalue weighted by Gasteiger charge is -2.26. The van der Waals surface area contributed by atoms with Crippen LogP contribution < -0.4 is 15.4 Å². The third-order valence-electron chi connectivity index (χ3n) is 6.23. The molecule has 194 valence electrons. The Balaban J connectivity index is 1.42. The van der Waals surface area contributed by atoms with Crippen molar-refractivity contribution in [3.63, 3.8) is 0 Å². The van der Waals surface area contributed by atoms with Crippen molar-refractivity contribution in [1.29, 1.82) is 0 Å². The van der Waals surface area contributed by atoms with Crippen LogP contribution in [0.5, 0.6) is 5.75 Å². The highest BCUT2D eigenvalue weighted by molar-refractivity contribution is 8.04. The second-order valence-corrected chi connectivity index (χ2v) is 9.89. The van der Waals surface area contributed by atoms with Crippen LogP contribution in [-0.4, -0.2) is 51.7 Å². The van der Waals surface area contributed by atoms with Crippen molar-refractivity contribution in [2.75, 3.05) is 6.61 Å². The summed E-state index contributed by atoms with van der Waals surface area (Å²) in [5.41, 5.74) is 1.53.